The van der Waals surface area contributed by atoms with E-state index in [0.29, 0.717) is 22.3 Å². The summed E-state index contributed by atoms with van der Waals surface area (Å²) in [6, 6.07) is 17.9. The zero-order valence-corrected chi connectivity index (χ0v) is 21.8. The molecular weight excluding hydrogens is 478 g/mol. The molecule has 2 aliphatic heterocycles. The van der Waals surface area contributed by atoms with Crippen LogP contribution in [0.4, 0.5) is 5.69 Å². The molecule has 2 aromatic rings. The summed E-state index contributed by atoms with van der Waals surface area (Å²) in [6.45, 7) is 2.09. The Kier molecular flexibility index (Phi) is 8.59. The maximum atomic E-state index is 13.3. The first kappa shape index (κ1) is 25.4. The Hall–Kier alpha value is -2.68. The number of rotatable bonds is 9. The zero-order chi connectivity index (χ0) is 24.8. The first-order chi connectivity index (χ1) is 16.9. The number of anilines is 1. The minimum absolute atomic E-state index is 0.00160. The van der Waals surface area contributed by atoms with Crippen LogP contribution >= 0.6 is 24.0 Å². The largest absolute Gasteiger partial charge is 0.378 e. The standard InChI is InChI=1S/C27H31N3O3S2/c1-28(2)22-12-10-21(11-13-22)18-29(19-23-9-6-16-33-23)25(31)14-15-30-26(32)24(35-27(30)34)17-20-7-4-3-5-8-20/h3-5,7-8,10-13,17,23H,6,9,14-16,18-19H2,1-2H3/b24-17-. The lowest BCUT2D eigenvalue weighted by atomic mass is 10.1. The summed E-state index contributed by atoms with van der Waals surface area (Å²) < 4.78 is 6.30. The van der Waals surface area contributed by atoms with Gasteiger partial charge in [0.15, 0.2) is 0 Å². The van der Waals surface area contributed by atoms with Gasteiger partial charge in [0.05, 0.1) is 11.0 Å². The van der Waals surface area contributed by atoms with Crippen molar-refractivity contribution in [3.8, 4) is 0 Å². The van der Waals surface area contributed by atoms with Crippen molar-refractivity contribution in [2.45, 2.75) is 31.9 Å². The molecule has 4 rings (SSSR count). The summed E-state index contributed by atoms with van der Waals surface area (Å²) in [5.74, 6) is -0.139. The predicted molar refractivity (Wildman–Crippen MR) is 146 cm³/mol. The van der Waals surface area contributed by atoms with E-state index < -0.39 is 0 Å². The molecule has 0 aliphatic carbocycles. The fourth-order valence-corrected chi connectivity index (χ4v) is 5.48. The summed E-state index contributed by atoms with van der Waals surface area (Å²) in [5, 5.41) is 0. The van der Waals surface area contributed by atoms with Gasteiger partial charge in [-0.05, 0) is 42.2 Å². The Labute approximate surface area is 216 Å². The molecule has 6 nitrogen and oxygen atoms in total. The Balaban J connectivity index is 1.41. The smallest absolute Gasteiger partial charge is 0.266 e. The van der Waals surface area contributed by atoms with E-state index in [1.807, 2.05) is 60.3 Å². The maximum Gasteiger partial charge on any atom is 0.266 e. The number of thiocarbonyl (C=S) groups is 1. The Bertz CT molecular complexity index is 1080. The van der Waals surface area contributed by atoms with Gasteiger partial charge in [-0.15, -0.1) is 0 Å². The van der Waals surface area contributed by atoms with Crippen molar-refractivity contribution in [1.82, 2.24) is 9.80 Å². The summed E-state index contributed by atoms with van der Waals surface area (Å²) >= 11 is 6.75. The van der Waals surface area contributed by atoms with Gasteiger partial charge in [0.1, 0.15) is 4.32 Å². The lowest BCUT2D eigenvalue weighted by Crippen LogP contribution is -2.39. The van der Waals surface area contributed by atoms with Crippen molar-refractivity contribution in [2.24, 2.45) is 0 Å². The number of benzene rings is 2. The van der Waals surface area contributed by atoms with Crippen LogP contribution in [0.2, 0.25) is 0 Å². The minimum Gasteiger partial charge on any atom is -0.378 e. The third-order valence-electron chi connectivity index (χ3n) is 6.15. The number of carbonyl (C=O) groups is 2. The molecule has 2 aliphatic rings. The maximum absolute atomic E-state index is 13.3. The molecule has 2 fully saturated rings. The zero-order valence-electron chi connectivity index (χ0n) is 20.2. The summed E-state index contributed by atoms with van der Waals surface area (Å²) in [6.07, 6.45) is 4.11. The van der Waals surface area contributed by atoms with Crippen LogP contribution in [0, 0.1) is 0 Å². The van der Waals surface area contributed by atoms with E-state index in [0.717, 1.165) is 36.3 Å². The van der Waals surface area contributed by atoms with E-state index in [1.54, 1.807) is 4.90 Å². The van der Waals surface area contributed by atoms with Crippen LogP contribution in [0.3, 0.4) is 0 Å². The normalized spacial score (nSPS) is 19.0. The molecule has 0 radical (unpaired) electrons. The van der Waals surface area contributed by atoms with Gasteiger partial charge in [-0.1, -0.05) is 66.4 Å². The molecule has 184 valence electrons. The van der Waals surface area contributed by atoms with Gasteiger partial charge >= 0.3 is 0 Å². The second-order valence-corrected chi connectivity index (χ2v) is 10.6. The first-order valence-electron chi connectivity index (χ1n) is 11.9. The Morgan fingerprint density at radius 2 is 1.91 bits per heavy atom. The molecule has 2 aromatic carbocycles. The lowest BCUT2D eigenvalue weighted by molar-refractivity contribution is -0.134. The van der Waals surface area contributed by atoms with Crippen LogP contribution in [-0.2, 0) is 20.9 Å². The van der Waals surface area contributed by atoms with Crippen molar-refractivity contribution >= 4 is 51.9 Å². The van der Waals surface area contributed by atoms with E-state index in [-0.39, 0.29) is 30.9 Å². The average Bonchev–Trinajstić information content (AvgIpc) is 3.46. The molecule has 0 N–H and O–H groups in total. The molecule has 0 aromatic heterocycles. The van der Waals surface area contributed by atoms with E-state index in [2.05, 4.69) is 24.3 Å². The number of hydrogen-bond acceptors (Lipinski definition) is 6. The molecule has 1 unspecified atom stereocenters. The molecule has 1 atom stereocenters. The van der Waals surface area contributed by atoms with Gasteiger partial charge < -0.3 is 14.5 Å². The minimum atomic E-state index is -0.137. The van der Waals surface area contributed by atoms with E-state index in [9.17, 15) is 9.59 Å². The summed E-state index contributed by atoms with van der Waals surface area (Å²) in [4.78, 5) is 32.3. The van der Waals surface area contributed by atoms with Crippen molar-refractivity contribution in [3.63, 3.8) is 0 Å². The lowest BCUT2D eigenvalue weighted by Gasteiger charge is -2.27. The number of nitrogens with zero attached hydrogens (tertiary/aromatic N) is 3. The van der Waals surface area contributed by atoms with Gasteiger partial charge in [0.25, 0.3) is 5.91 Å². The third-order valence-corrected chi connectivity index (χ3v) is 7.52. The summed E-state index contributed by atoms with van der Waals surface area (Å²) in [5.41, 5.74) is 3.13. The number of carbonyl (C=O) groups excluding carboxylic acids is 2. The van der Waals surface area contributed by atoms with Crippen LogP contribution in [0.15, 0.2) is 59.5 Å². The second-order valence-electron chi connectivity index (χ2n) is 8.96. The SMILES string of the molecule is CN(C)c1ccc(CN(CC2CCCO2)C(=O)CCN2C(=O)/C(=C/c3ccccc3)SC2=S)cc1. The highest BCUT2D eigenvalue weighted by Gasteiger charge is 2.33. The Morgan fingerprint density at radius 1 is 1.17 bits per heavy atom. The van der Waals surface area contributed by atoms with Crippen LogP contribution in [0.1, 0.15) is 30.4 Å². The fraction of sp³-hybridized carbons (Fsp3) is 0.370. The second kappa shape index (κ2) is 11.8. The first-order valence-corrected chi connectivity index (χ1v) is 13.1. The van der Waals surface area contributed by atoms with Crippen molar-refractivity contribution in [3.05, 3.63) is 70.6 Å². The fourth-order valence-electron chi connectivity index (χ4n) is 4.17. The van der Waals surface area contributed by atoms with Gasteiger partial charge in [0, 0.05) is 52.4 Å². The van der Waals surface area contributed by atoms with E-state index >= 15 is 0 Å². The van der Waals surface area contributed by atoms with Crippen molar-refractivity contribution in [1.29, 1.82) is 0 Å². The van der Waals surface area contributed by atoms with Crippen LogP contribution < -0.4 is 4.90 Å². The molecule has 35 heavy (non-hydrogen) atoms. The highest BCUT2D eigenvalue weighted by atomic mass is 32.2. The molecule has 0 spiro atoms. The number of thioether (sulfide) groups is 1. The average molecular weight is 510 g/mol. The third kappa shape index (κ3) is 6.72. The molecular formula is C27H31N3O3S2. The van der Waals surface area contributed by atoms with Crippen LogP contribution in [0.25, 0.3) is 6.08 Å². The number of hydrogen-bond donors (Lipinski definition) is 0. The monoisotopic (exact) mass is 509 g/mol. The molecule has 0 saturated carbocycles. The quantitative estimate of drug-likeness (QED) is 0.365. The van der Waals surface area contributed by atoms with E-state index in [1.165, 1.54) is 11.8 Å². The number of ether oxygens (including phenoxy) is 1. The highest BCUT2D eigenvalue weighted by Crippen LogP contribution is 2.32. The van der Waals surface area contributed by atoms with Crippen molar-refractivity contribution < 1.29 is 14.3 Å². The molecule has 2 heterocycles. The predicted octanol–water partition coefficient (Wildman–Crippen LogP) is 4.55. The van der Waals surface area contributed by atoms with Gasteiger partial charge in [-0.2, -0.15) is 0 Å². The van der Waals surface area contributed by atoms with Crippen LogP contribution in [-0.4, -0.2) is 65.8 Å². The Morgan fingerprint density at radius 3 is 2.57 bits per heavy atom. The van der Waals surface area contributed by atoms with Gasteiger partial charge in [-0.3, -0.25) is 14.5 Å². The van der Waals surface area contributed by atoms with E-state index in [4.69, 9.17) is 17.0 Å². The van der Waals surface area contributed by atoms with Gasteiger partial charge in [0.2, 0.25) is 5.91 Å². The van der Waals surface area contributed by atoms with Gasteiger partial charge in [-0.25, -0.2) is 0 Å². The highest BCUT2D eigenvalue weighted by molar-refractivity contribution is 8.26. The molecule has 0 bridgehead atoms. The molecule has 2 amide bonds. The molecule has 2 saturated heterocycles. The summed E-state index contributed by atoms with van der Waals surface area (Å²) in [7, 11) is 4.01. The molecule has 8 heteroatoms. The van der Waals surface area contributed by atoms with Crippen LogP contribution in [0.5, 0.6) is 0 Å². The number of amides is 2. The topological polar surface area (TPSA) is 53.1 Å². The van der Waals surface area contributed by atoms with Crippen molar-refractivity contribution in [2.75, 3.05) is 38.7 Å².